The lowest BCUT2D eigenvalue weighted by Gasteiger charge is -2.12. The quantitative estimate of drug-likeness (QED) is 0.790. The van der Waals surface area contributed by atoms with Crippen molar-refractivity contribution in [1.82, 2.24) is 5.32 Å². The van der Waals surface area contributed by atoms with E-state index in [0.717, 1.165) is 23.8 Å². The van der Waals surface area contributed by atoms with E-state index in [9.17, 15) is 18.0 Å². The summed E-state index contributed by atoms with van der Waals surface area (Å²) in [6.45, 7) is 0.251. The summed E-state index contributed by atoms with van der Waals surface area (Å²) in [5.41, 5.74) is -0.161. The minimum absolute atomic E-state index is 0.0300. The molecular weight excluding hydrogens is 364 g/mol. The van der Waals surface area contributed by atoms with Gasteiger partial charge in [0.1, 0.15) is 0 Å². The third kappa shape index (κ3) is 5.12. The molecule has 0 radical (unpaired) electrons. The van der Waals surface area contributed by atoms with Crippen LogP contribution in [0.15, 0.2) is 42.5 Å². The molecule has 0 aliphatic rings. The van der Waals surface area contributed by atoms with Crippen molar-refractivity contribution in [2.45, 2.75) is 12.7 Å². The Labute approximate surface area is 146 Å². The average molecular weight is 377 g/mol. The maximum absolute atomic E-state index is 12.7. The lowest BCUT2D eigenvalue weighted by Crippen LogP contribution is -2.28. The molecule has 0 aromatic heterocycles. The maximum atomic E-state index is 12.7. The van der Waals surface area contributed by atoms with Crippen LogP contribution in [0.4, 0.5) is 18.9 Å². The van der Waals surface area contributed by atoms with Gasteiger partial charge in [0.25, 0.3) is 0 Å². The number of rotatable bonds is 5. The molecule has 24 heavy (non-hydrogen) atoms. The van der Waals surface area contributed by atoms with Crippen molar-refractivity contribution in [2.24, 2.45) is 0 Å². The van der Waals surface area contributed by atoms with Gasteiger partial charge in [0.05, 0.1) is 22.8 Å². The van der Waals surface area contributed by atoms with Crippen LogP contribution in [0.2, 0.25) is 10.0 Å². The van der Waals surface area contributed by atoms with Crippen LogP contribution in [0.25, 0.3) is 0 Å². The predicted octanol–water partition coefficient (Wildman–Crippen LogP) is 4.74. The molecular formula is C16H13Cl2F3N2O. The van der Waals surface area contributed by atoms with Crippen molar-refractivity contribution < 1.29 is 18.0 Å². The summed E-state index contributed by atoms with van der Waals surface area (Å²) in [7, 11) is 0. The van der Waals surface area contributed by atoms with Gasteiger partial charge in [0.2, 0.25) is 5.91 Å². The third-order valence-corrected chi connectivity index (χ3v) is 3.82. The van der Waals surface area contributed by atoms with Gasteiger partial charge in [0.15, 0.2) is 0 Å². The summed E-state index contributed by atoms with van der Waals surface area (Å²) >= 11 is 11.8. The first-order valence-corrected chi connectivity index (χ1v) is 7.63. The Bertz CT molecular complexity index is 736. The highest BCUT2D eigenvalue weighted by molar-refractivity contribution is 6.33. The van der Waals surface area contributed by atoms with Gasteiger partial charge in [-0.3, -0.25) is 4.79 Å². The van der Waals surface area contributed by atoms with Crippen LogP contribution in [0.1, 0.15) is 11.1 Å². The van der Waals surface area contributed by atoms with Crippen LogP contribution < -0.4 is 10.6 Å². The zero-order chi connectivity index (χ0) is 17.7. The van der Waals surface area contributed by atoms with E-state index in [-0.39, 0.29) is 17.3 Å². The molecule has 1 amide bonds. The molecule has 0 saturated carbocycles. The molecule has 0 aliphatic heterocycles. The van der Waals surface area contributed by atoms with Crippen LogP contribution in [0, 0.1) is 0 Å². The molecule has 0 unspecified atom stereocenters. The van der Waals surface area contributed by atoms with E-state index in [1.807, 2.05) is 6.07 Å². The standard InChI is InChI=1S/C16H13Cl2F3N2O/c17-12-4-2-1-3-10(12)8-22-9-15(24)23-14-7-11(16(19,20)21)5-6-13(14)18/h1-7,22H,8-9H2,(H,23,24). The van der Waals surface area contributed by atoms with Gasteiger partial charge in [-0.25, -0.2) is 0 Å². The number of amides is 1. The molecule has 2 aromatic rings. The topological polar surface area (TPSA) is 41.1 Å². The molecule has 0 fully saturated rings. The first-order valence-electron chi connectivity index (χ1n) is 6.88. The van der Waals surface area contributed by atoms with Crippen molar-refractivity contribution in [2.75, 3.05) is 11.9 Å². The lowest BCUT2D eigenvalue weighted by atomic mass is 10.2. The van der Waals surface area contributed by atoms with Crippen molar-refractivity contribution in [3.63, 3.8) is 0 Å². The summed E-state index contributed by atoms with van der Waals surface area (Å²) in [5.74, 6) is -0.511. The smallest absolute Gasteiger partial charge is 0.324 e. The zero-order valence-corrected chi connectivity index (χ0v) is 13.8. The number of nitrogens with one attached hydrogen (secondary N) is 2. The Kier molecular flexibility index (Phi) is 6.10. The van der Waals surface area contributed by atoms with Gasteiger partial charge in [-0.05, 0) is 29.8 Å². The molecule has 0 bridgehead atoms. The van der Waals surface area contributed by atoms with E-state index in [4.69, 9.17) is 23.2 Å². The number of alkyl halides is 3. The molecule has 0 spiro atoms. The Hall–Kier alpha value is -1.76. The number of halogens is 5. The van der Waals surface area contributed by atoms with Gasteiger partial charge >= 0.3 is 6.18 Å². The van der Waals surface area contributed by atoms with Crippen molar-refractivity contribution in [1.29, 1.82) is 0 Å². The monoisotopic (exact) mass is 376 g/mol. The second-order valence-electron chi connectivity index (χ2n) is 4.94. The maximum Gasteiger partial charge on any atom is 0.416 e. The van der Waals surface area contributed by atoms with Crippen LogP contribution in [-0.2, 0) is 17.5 Å². The fraction of sp³-hybridized carbons (Fsp3) is 0.188. The number of hydrogen-bond acceptors (Lipinski definition) is 2. The Morgan fingerprint density at radius 2 is 1.75 bits per heavy atom. The van der Waals surface area contributed by atoms with Crippen LogP contribution in [0.5, 0.6) is 0 Å². The molecule has 128 valence electrons. The molecule has 8 heteroatoms. The average Bonchev–Trinajstić information content (AvgIpc) is 2.50. The Balaban J connectivity index is 1.94. The number of carbonyl (C=O) groups is 1. The molecule has 2 rings (SSSR count). The fourth-order valence-corrected chi connectivity index (χ4v) is 2.31. The summed E-state index contributed by atoms with van der Waals surface area (Å²) in [6.07, 6.45) is -4.51. The largest absolute Gasteiger partial charge is 0.416 e. The third-order valence-electron chi connectivity index (χ3n) is 3.13. The van der Waals surface area contributed by atoms with Gasteiger partial charge in [0, 0.05) is 11.6 Å². The normalized spacial score (nSPS) is 11.4. The highest BCUT2D eigenvalue weighted by atomic mass is 35.5. The van der Waals surface area contributed by atoms with Crippen LogP contribution >= 0.6 is 23.2 Å². The van der Waals surface area contributed by atoms with E-state index in [0.29, 0.717) is 11.6 Å². The number of anilines is 1. The summed E-state index contributed by atoms with van der Waals surface area (Å²) in [6, 6.07) is 9.87. The Morgan fingerprint density at radius 3 is 2.42 bits per heavy atom. The van der Waals surface area contributed by atoms with Crippen LogP contribution in [0.3, 0.4) is 0 Å². The lowest BCUT2D eigenvalue weighted by molar-refractivity contribution is -0.137. The Morgan fingerprint density at radius 1 is 1.04 bits per heavy atom. The first kappa shape index (κ1) is 18.6. The second kappa shape index (κ2) is 7.88. The van der Waals surface area contributed by atoms with E-state index in [1.54, 1.807) is 18.2 Å². The highest BCUT2D eigenvalue weighted by Crippen LogP contribution is 2.33. The second-order valence-corrected chi connectivity index (χ2v) is 5.75. The van der Waals surface area contributed by atoms with Crippen molar-refractivity contribution in [3.8, 4) is 0 Å². The molecule has 0 aliphatic carbocycles. The fourth-order valence-electron chi connectivity index (χ4n) is 1.94. The van der Waals surface area contributed by atoms with E-state index >= 15 is 0 Å². The molecule has 0 saturated heterocycles. The molecule has 0 atom stereocenters. The van der Waals surface area contributed by atoms with Gasteiger partial charge in [-0.1, -0.05) is 41.4 Å². The van der Waals surface area contributed by atoms with Gasteiger partial charge in [-0.2, -0.15) is 13.2 Å². The molecule has 2 aromatic carbocycles. The van der Waals surface area contributed by atoms with E-state index in [1.165, 1.54) is 0 Å². The van der Waals surface area contributed by atoms with E-state index in [2.05, 4.69) is 10.6 Å². The first-order chi connectivity index (χ1) is 11.3. The number of carbonyl (C=O) groups excluding carboxylic acids is 1. The molecule has 2 N–H and O–H groups in total. The van der Waals surface area contributed by atoms with E-state index < -0.39 is 17.6 Å². The van der Waals surface area contributed by atoms with Crippen molar-refractivity contribution in [3.05, 3.63) is 63.6 Å². The number of hydrogen-bond donors (Lipinski definition) is 2. The summed E-state index contributed by atoms with van der Waals surface area (Å²) < 4.78 is 38.1. The number of benzene rings is 2. The summed E-state index contributed by atoms with van der Waals surface area (Å²) in [5, 5.41) is 5.81. The van der Waals surface area contributed by atoms with Crippen molar-refractivity contribution >= 4 is 34.8 Å². The predicted molar refractivity (Wildman–Crippen MR) is 88.2 cm³/mol. The highest BCUT2D eigenvalue weighted by Gasteiger charge is 2.31. The zero-order valence-electron chi connectivity index (χ0n) is 12.3. The van der Waals surface area contributed by atoms with Crippen LogP contribution in [-0.4, -0.2) is 12.5 Å². The van der Waals surface area contributed by atoms with Gasteiger partial charge < -0.3 is 10.6 Å². The SMILES string of the molecule is O=C(CNCc1ccccc1Cl)Nc1cc(C(F)(F)F)ccc1Cl. The van der Waals surface area contributed by atoms with Gasteiger partial charge in [-0.15, -0.1) is 0 Å². The molecule has 3 nitrogen and oxygen atoms in total. The summed E-state index contributed by atoms with van der Waals surface area (Å²) in [4.78, 5) is 11.9. The minimum Gasteiger partial charge on any atom is -0.324 e. The molecule has 0 heterocycles. The minimum atomic E-state index is -4.51.